The van der Waals surface area contributed by atoms with Crippen molar-refractivity contribution in [2.45, 2.75) is 6.92 Å². The molecule has 0 aliphatic rings. The average Bonchev–Trinajstić information content (AvgIpc) is 2.19. The van der Waals surface area contributed by atoms with Gasteiger partial charge in [0.15, 0.2) is 0 Å². The zero-order valence-corrected chi connectivity index (χ0v) is 7.71. The summed E-state index contributed by atoms with van der Waals surface area (Å²) in [6.45, 7) is 1.88. The van der Waals surface area contributed by atoms with Gasteiger partial charge in [0.2, 0.25) is 0 Å². The molecule has 0 spiro atoms. The predicted octanol–water partition coefficient (Wildman–Crippen LogP) is 3.16. The van der Waals surface area contributed by atoms with Crippen LogP contribution in [0.15, 0.2) is 30.3 Å². The van der Waals surface area contributed by atoms with Crippen molar-refractivity contribution >= 4 is 10.8 Å². The summed E-state index contributed by atoms with van der Waals surface area (Å²) in [5, 5.41) is 10.1. The molecule has 0 bridgehead atoms. The Hall–Kier alpha value is -1.88. The van der Waals surface area contributed by atoms with Gasteiger partial charge in [0.25, 0.3) is 0 Å². The van der Waals surface area contributed by atoms with Crippen molar-refractivity contribution in [1.29, 1.82) is 5.26 Å². The van der Waals surface area contributed by atoms with E-state index in [0.717, 1.165) is 10.9 Å². The normalized spacial score (nSPS) is 10.1. The monoisotopic (exact) mass is 185 g/mol. The average molecular weight is 185 g/mol. The van der Waals surface area contributed by atoms with Crippen LogP contribution in [0.3, 0.4) is 0 Å². The van der Waals surface area contributed by atoms with Gasteiger partial charge in [-0.15, -0.1) is 0 Å². The van der Waals surface area contributed by atoms with Crippen molar-refractivity contribution in [3.8, 4) is 6.07 Å². The number of rotatable bonds is 0. The molecule has 2 heteroatoms. The maximum absolute atomic E-state index is 13.4. The van der Waals surface area contributed by atoms with Crippen molar-refractivity contribution < 1.29 is 4.39 Å². The third-order valence-corrected chi connectivity index (χ3v) is 2.28. The lowest BCUT2D eigenvalue weighted by molar-refractivity contribution is 0.640. The zero-order chi connectivity index (χ0) is 10.1. The largest absolute Gasteiger partial charge is 0.206 e. The molecule has 2 rings (SSSR count). The van der Waals surface area contributed by atoms with Gasteiger partial charge in [0, 0.05) is 5.39 Å². The number of halogens is 1. The highest BCUT2D eigenvalue weighted by Gasteiger charge is 2.04. The first-order valence-electron chi connectivity index (χ1n) is 4.31. The van der Waals surface area contributed by atoms with Crippen molar-refractivity contribution in [3.63, 3.8) is 0 Å². The van der Waals surface area contributed by atoms with E-state index in [1.165, 1.54) is 6.07 Å². The van der Waals surface area contributed by atoms with Crippen molar-refractivity contribution in [3.05, 3.63) is 47.3 Å². The van der Waals surface area contributed by atoms with E-state index in [-0.39, 0.29) is 5.82 Å². The molecule has 0 radical (unpaired) electrons. The van der Waals surface area contributed by atoms with Crippen LogP contribution in [0, 0.1) is 24.1 Å². The topological polar surface area (TPSA) is 23.8 Å². The Balaban J connectivity index is 2.92. The minimum Gasteiger partial charge on any atom is -0.206 e. The maximum atomic E-state index is 13.4. The second-order valence-corrected chi connectivity index (χ2v) is 3.24. The van der Waals surface area contributed by atoms with Gasteiger partial charge >= 0.3 is 0 Å². The molecule has 14 heavy (non-hydrogen) atoms. The molecule has 0 saturated heterocycles. The number of fused-ring (bicyclic) bond motifs is 1. The minimum atomic E-state index is -0.275. The molecule has 1 nitrogen and oxygen atoms in total. The lowest BCUT2D eigenvalue weighted by Crippen LogP contribution is -1.85. The quantitative estimate of drug-likeness (QED) is 0.618. The Bertz CT molecular complexity index is 538. The Morgan fingerprint density at radius 1 is 1.21 bits per heavy atom. The molecule has 68 valence electrons. The number of benzene rings is 2. The van der Waals surface area contributed by atoms with Gasteiger partial charge in [-0.25, -0.2) is 4.39 Å². The molecule has 0 aliphatic carbocycles. The third kappa shape index (κ3) is 1.23. The van der Waals surface area contributed by atoms with Crippen LogP contribution in [-0.2, 0) is 0 Å². The van der Waals surface area contributed by atoms with Gasteiger partial charge in [0.05, 0.1) is 11.6 Å². The van der Waals surface area contributed by atoms with E-state index in [0.29, 0.717) is 10.9 Å². The highest BCUT2D eigenvalue weighted by Crippen LogP contribution is 2.22. The van der Waals surface area contributed by atoms with Crippen LogP contribution in [-0.4, -0.2) is 0 Å². The molecule has 2 aromatic carbocycles. The van der Waals surface area contributed by atoms with Crippen molar-refractivity contribution in [1.82, 2.24) is 0 Å². The van der Waals surface area contributed by atoms with Crippen LogP contribution in [0.5, 0.6) is 0 Å². The summed E-state index contributed by atoms with van der Waals surface area (Å²) in [6.07, 6.45) is 0. The standard InChI is InChI=1S/C12H8FN/c1-8-5-9(7-14)6-11-10(8)3-2-4-12(11)13/h2-6H,1H3. The fourth-order valence-corrected chi connectivity index (χ4v) is 1.60. The van der Waals surface area contributed by atoms with E-state index >= 15 is 0 Å². The Labute approximate surface area is 81.4 Å². The van der Waals surface area contributed by atoms with E-state index in [4.69, 9.17) is 5.26 Å². The zero-order valence-electron chi connectivity index (χ0n) is 7.71. The van der Waals surface area contributed by atoms with Crippen LogP contribution in [0.2, 0.25) is 0 Å². The second kappa shape index (κ2) is 3.12. The Morgan fingerprint density at radius 3 is 2.71 bits per heavy atom. The summed E-state index contributed by atoms with van der Waals surface area (Å²) >= 11 is 0. The number of hydrogen-bond donors (Lipinski definition) is 0. The van der Waals surface area contributed by atoms with Gasteiger partial charge in [-0.2, -0.15) is 5.26 Å². The molecule has 0 heterocycles. The molecule has 0 aliphatic heterocycles. The lowest BCUT2D eigenvalue weighted by Gasteiger charge is -2.03. The third-order valence-electron chi connectivity index (χ3n) is 2.28. The first kappa shape index (κ1) is 8.71. The van der Waals surface area contributed by atoms with Gasteiger partial charge in [0.1, 0.15) is 5.82 Å². The lowest BCUT2D eigenvalue weighted by atomic mass is 10.0. The highest BCUT2D eigenvalue weighted by atomic mass is 19.1. The number of aryl methyl sites for hydroxylation is 1. The van der Waals surface area contributed by atoms with Gasteiger partial charge in [-0.1, -0.05) is 12.1 Å². The minimum absolute atomic E-state index is 0.275. The highest BCUT2D eigenvalue weighted by molar-refractivity contribution is 5.87. The summed E-state index contributed by atoms with van der Waals surface area (Å²) in [5.41, 5.74) is 1.43. The molecule has 2 aromatic rings. The summed E-state index contributed by atoms with van der Waals surface area (Å²) in [6, 6.07) is 10.3. The molecule has 0 aromatic heterocycles. The molecule has 0 unspecified atom stereocenters. The van der Waals surface area contributed by atoms with Crippen molar-refractivity contribution in [2.75, 3.05) is 0 Å². The van der Waals surface area contributed by atoms with Crippen LogP contribution in [0.1, 0.15) is 11.1 Å². The molecular weight excluding hydrogens is 177 g/mol. The second-order valence-electron chi connectivity index (χ2n) is 3.24. The number of hydrogen-bond acceptors (Lipinski definition) is 1. The molecule has 0 atom stereocenters. The van der Waals surface area contributed by atoms with E-state index in [9.17, 15) is 4.39 Å². The van der Waals surface area contributed by atoms with E-state index < -0.39 is 0 Å². The Kier molecular flexibility index (Phi) is 1.94. The first-order chi connectivity index (χ1) is 6.72. The summed E-state index contributed by atoms with van der Waals surface area (Å²) < 4.78 is 13.4. The molecule has 0 saturated carbocycles. The van der Waals surface area contributed by atoms with Crippen LogP contribution in [0.4, 0.5) is 4.39 Å². The summed E-state index contributed by atoms with van der Waals surface area (Å²) in [4.78, 5) is 0. The van der Waals surface area contributed by atoms with Gasteiger partial charge < -0.3 is 0 Å². The molecule has 0 amide bonds. The maximum Gasteiger partial charge on any atom is 0.131 e. The first-order valence-corrected chi connectivity index (χ1v) is 4.31. The summed E-state index contributed by atoms with van der Waals surface area (Å²) in [7, 11) is 0. The van der Waals surface area contributed by atoms with Crippen LogP contribution >= 0.6 is 0 Å². The summed E-state index contributed by atoms with van der Waals surface area (Å²) in [5.74, 6) is -0.275. The van der Waals surface area contributed by atoms with Crippen LogP contribution < -0.4 is 0 Å². The molecule has 0 fully saturated rings. The van der Waals surface area contributed by atoms with Gasteiger partial charge in [-0.3, -0.25) is 0 Å². The predicted molar refractivity (Wildman–Crippen MR) is 53.4 cm³/mol. The fourth-order valence-electron chi connectivity index (χ4n) is 1.60. The molecular formula is C12H8FN. The smallest absolute Gasteiger partial charge is 0.131 e. The van der Waals surface area contributed by atoms with Crippen molar-refractivity contribution in [2.24, 2.45) is 0 Å². The van der Waals surface area contributed by atoms with Crippen LogP contribution in [0.25, 0.3) is 10.8 Å². The van der Waals surface area contributed by atoms with E-state index in [1.54, 1.807) is 18.2 Å². The number of nitriles is 1. The number of nitrogens with zero attached hydrogens (tertiary/aromatic N) is 1. The molecule has 0 N–H and O–H groups in total. The SMILES string of the molecule is Cc1cc(C#N)cc2c(F)cccc12. The van der Waals surface area contributed by atoms with E-state index in [2.05, 4.69) is 0 Å². The van der Waals surface area contributed by atoms with Gasteiger partial charge in [-0.05, 0) is 36.1 Å². The Morgan fingerprint density at radius 2 is 2.00 bits per heavy atom. The van der Waals surface area contributed by atoms with E-state index in [1.807, 2.05) is 19.1 Å². The fraction of sp³-hybridized carbons (Fsp3) is 0.0833.